The quantitative estimate of drug-likeness (QED) is 0.628. The second kappa shape index (κ2) is 8.75. The third-order valence-electron chi connectivity index (χ3n) is 1.43. The molecule has 0 aliphatic carbocycles. The average Bonchev–Trinajstić information content (AvgIpc) is 1.99. The van der Waals surface area contributed by atoms with Gasteiger partial charge >= 0.3 is 0 Å². The fourth-order valence-corrected chi connectivity index (χ4v) is 2.35. The van der Waals surface area contributed by atoms with E-state index in [2.05, 4.69) is 13.2 Å². The van der Waals surface area contributed by atoms with Gasteiger partial charge < -0.3 is 5.11 Å². The molecule has 11 heavy (non-hydrogen) atoms. The molecule has 1 nitrogen and oxygen atoms in total. The summed E-state index contributed by atoms with van der Waals surface area (Å²) in [6.07, 6.45) is 4.37. The first kappa shape index (κ1) is 11.7. The molecule has 0 aromatic carbocycles. The second-order valence-electron chi connectivity index (χ2n) is 2.54. The van der Waals surface area contributed by atoms with Crippen LogP contribution in [0.15, 0.2) is 0 Å². The van der Waals surface area contributed by atoms with Crippen LogP contribution in [-0.4, -0.2) is 34.7 Å². The molecule has 0 rings (SSSR count). The van der Waals surface area contributed by atoms with E-state index in [1.54, 1.807) is 0 Å². The molecule has 3 heteroatoms. The number of aliphatic hydroxyl groups is 1. The first-order chi connectivity index (χ1) is 5.31. The molecule has 1 atom stereocenters. The van der Waals surface area contributed by atoms with Crippen LogP contribution in [-0.2, 0) is 0 Å². The molecule has 0 bridgehead atoms. The van der Waals surface area contributed by atoms with Gasteiger partial charge in [0, 0.05) is 11.9 Å². The van der Waals surface area contributed by atoms with Gasteiger partial charge in [-0.2, -0.15) is 23.5 Å². The van der Waals surface area contributed by atoms with E-state index in [0.29, 0.717) is 11.9 Å². The first-order valence-electron chi connectivity index (χ1n) is 4.02. The van der Waals surface area contributed by atoms with Gasteiger partial charge in [0.2, 0.25) is 0 Å². The molecule has 1 N–H and O–H groups in total. The minimum atomic E-state index is 0.330. The monoisotopic (exact) mass is 194 g/mol. The third kappa shape index (κ3) is 8.57. The number of thioether (sulfide) groups is 2. The van der Waals surface area contributed by atoms with Gasteiger partial charge in [0.1, 0.15) is 0 Å². The van der Waals surface area contributed by atoms with Gasteiger partial charge in [-0.1, -0.05) is 6.92 Å². The molecule has 0 radical (unpaired) electrons. The maximum absolute atomic E-state index is 8.62. The van der Waals surface area contributed by atoms with Gasteiger partial charge in [-0.05, 0) is 30.6 Å². The van der Waals surface area contributed by atoms with Crippen molar-refractivity contribution in [3.8, 4) is 0 Å². The van der Waals surface area contributed by atoms with Gasteiger partial charge in [-0.15, -0.1) is 0 Å². The summed E-state index contributed by atoms with van der Waals surface area (Å²) < 4.78 is 0. The Balaban J connectivity index is 2.97. The van der Waals surface area contributed by atoms with Crippen molar-refractivity contribution in [1.82, 2.24) is 0 Å². The zero-order valence-electron chi connectivity index (χ0n) is 7.38. The molecule has 0 saturated heterocycles. The lowest BCUT2D eigenvalue weighted by Gasteiger charge is -2.07. The molecule has 0 saturated carbocycles. The molecule has 68 valence electrons. The smallest absolute Gasteiger partial charge is 0.0441 e. The minimum absolute atomic E-state index is 0.330. The summed E-state index contributed by atoms with van der Waals surface area (Å²) in [5, 5.41) is 9.25. The lowest BCUT2D eigenvalue weighted by atomic mass is 10.3. The summed E-state index contributed by atoms with van der Waals surface area (Å²) in [4.78, 5) is 0. The Bertz CT molecular complexity index is 78.5. The zero-order chi connectivity index (χ0) is 8.53. The average molecular weight is 194 g/mol. The highest BCUT2D eigenvalue weighted by Crippen LogP contribution is 2.15. The third-order valence-corrected chi connectivity index (χ3v) is 3.46. The Morgan fingerprint density at radius 3 is 2.64 bits per heavy atom. The Morgan fingerprint density at radius 2 is 2.09 bits per heavy atom. The molecule has 0 aliphatic heterocycles. The topological polar surface area (TPSA) is 20.2 Å². The van der Waals surface area contributed by atoms with Gasteiger partial charge in [0.15, 0.2) is 0 Å². The number of rotatable bonds is 7. The van der Waals surface area contributed by atoms with E-state index in [9.17, 15) is 0 Å². The van der Waals surface area contributed by atoms with E-state index in [-0.39, 0.29) is 0 Å². The van der Waals surface area contributed by atoms with E-state index >= 15 is 0 Å². The van der Waals surface area contributed by atoms with Gasteiger partial charge in [-0.25, -0.2) is 0 Å². The predicted octanol–water partition coefficient (Wildman–Crippen LogP) is 2.24. The standard InChI is InChI=1S/C8H18OS2/c1-8(4-5-9)11-7-3-6-10-2/h8-9H,3-7H2,1-2H3. The maximum Gasteiger partial charge on any atom is 0.0441 e. The first-order valence-corrected chi connectivity index (χ1v) is 6.47. The Hall–Kier alpha value is 0.660. The fraction of sp³-hybridized carbons (Fsp3) is 1.00. The highest BCUT2D eigenvalue weighted by Gasteiger charge is 1.99. The molecule has 0 aromatic heterocycles. The molecule has 0 heterocycles. The molecule has 0 amide bonds. The molecular formula is C8H18OS2. The van der Waals surface area contributed by atoms with Crippen molar-refractivity contribution in [3.63, 3.8) is 0 Å². The fourth-order valence-electron chi connectivity index (χ4n) is 0.753. The number of hydrogen-bond acceptors (Lipinski definition) is 3. The van der Waals surface area contributed by atoms with Gasteiger partial charge in [-0.3, -0.25) is 0 Å². The summed E-state index contributed by atoms with van der Waals surface area (Å²) >= 11 is 3.87. The van der Waals surface area contributed by atoms with Crippen LogP contribution in [0.1, 0.15) is 19.8 Å². The summed E-state index contributed by atoms with van der Waals surface area (Å²) in [6.45, 7) is 2.51. The van der Waals surface area contributed by atoms with Gasteiger partial charge in [0.25, 0.3) is 0 Å². The minimum Gasteiger partial charge on any atom is -0.396 e. The van der Waals surface area contributed by atoms with Crippen molar-refractivity contribution in [1.29, 1.82) is 0 Å². The summed E-state index contributed by atoms with van der Waals surface area (Å²) in [5.41, 5.74) is 0. The lowest BCUT2D eigenvalue weighted by Crippen LogP contribution is -2.00. The Morgan fingerprint density at radius 1 is 1.36 bits per heavy atom. The van der Waals surface area contributed by atoms with Crippen molar-refractivity contribution < 1.29 is 5.11 Å². The summed E-state index contributed by atoms with van der Waals surface area (Å²) in [5.74, 6) is 2.50. The number of hydrogen-bond donors (Lipinski definition) is 1. The van der Waals surface area contributed by atoms with Crippen molar-refractivity contribution in [3.05, 3.63) is 0 Å². The molecule has 0 spiro atoms. The highest BCUT2D eigenvalue weighted by atomic mass is 32.2. The Kier molecular flexibility index (Phi) is 9.28. The zero-order valence-corrected chi connectivity index (χ0v) is 9.01. The maximum atomic E-state index is 8.62. The molecule has 0 aliphatic rings. The van der Waals surface area contributed by atoms with E-state index in [0.717, 1.165) is 6.42 Å². The van der Waals surface area contributed by atoms with E-state index < -0.39 is 0 Å². The highest BCUT2D eigenvalue weighted by molar-refractivity contribution is 8.00. The van der Waals surface area contributed by atoms with Crippen LogP contribution in [0.5, 0.6) is 0 Å². The molecule has 1 unspecified atom stereocenters. The van der Waals surface area contributed by atoms with E-state index in [1.165, 1.54) is 17.9 Å². The van der Waals surface area contributed by atoms with Crippen LogP contribution in [0.2, 0.25) is 0 Å². The van der Waals surface area contributed by atoms with E-state index in [1.807, 2.05) is 23.5 Å². The SMILES string of the molecule is CSCCCSC(C)CCO. The van der Waals surface area contributed by atoms with E-state index in [4.69, 9.17) is 5.11 Å². The van der Waals surface area contributed by atoms with Crippen LogP contribution in [0.4, 0.5) is 0 Å². The van der Waals surface area contributed by atoms with Crippen LogP contribution >= 0.6 is 23.5 Å². The van der Waals surface area contributed by atoms with Crippen LogP contribution in [0.3, 0.4) is 0 Å². The van der Waals surface area contributed by atoms with Crippen LogP contribution < -0.4 is 0 Å². The Labute approximate surface area is 78.3 Å². The largest absolute Gasteiger partial charge is 0.396 e. The normalized spacial score (nSPS) is 13.4. The second-order valence-corrected chi connectivity index (χ2v) is 5.07. The van der Waals surface area contributed by atoms with Crippen LogP contribution in [0, 0.1) is 0 Å². The summed E-state index contributed by atoms with van der Waals surface area (Å²) in [6, 6.07) is 0. The van der Waals surface area contributed by atoms with Gasteiger partial charge in [0.05, 0.1) is 0 Å². The predicted molar refractivity (Wildman–Crippen MR) is 56.6 cm³/mol. The molecule has 0 fully saturated rings. The van der Waals surface area contributed by atoms with Crippen molar-refractivity contribution >= 4 is 23.5 Å². The van der Waals surface area contributed by atoms with Crippen molar-refractivity contribution in [2.24, 2.45) is 0 Å². The summed E-state index contributed by atoms with van der Waals surface area (Å²) in [7, 11) is 0. The van der Waals surface area contributed by atoms with Crippen molar-refractivity contribution in [2.45, 2.75) is 25.0 Å². The van der Waals surface area contributed by atoms with Crippen LogP contribution in [0.25, 0.3) is 0 Å². The lowest BCUT2D eigenvalue weighted by molar-refractivity contribution is 0.289. The molecule has 0 aromatic rings. The molecular weight excluding hydrogens is 176 g/mol. The number of aliphatic hydroxyl groups excluding tert-OH is 1. The van der Waals surface area contributed by atoms with Crippen molar-refractivity contribution in [2.75, 3.05) is 24.4 Å².